The van der Waals surface area contributed by atoms with Gasteiger partial charge < -0.3 is 14.7 Å². The van der Waals surface area contributed by atoms with Crippen LogP contribution in [0.15, 0.2) is 64.6 Å². The number of anilines is 2. The fraction of sp³-hybridized carbons (Fsp3) is 0.375. The summed E-state index contributed by atoms with van der Waals surface area (Å²) in [5.74, 6) is 1.86. The average Bonchev–Trinajstić information content (AvgIpc) is 2.92. The maximum absolute atomic E-state index is 10.6. The highest BCUT2D eigenvalue weighted by Gasteiger charge is 2.32. The molecule has 0 radical (unpaired) electrons. The Hall–Kier alpha value is -1.89. The third kappa shape index (κ3) is 6.06. The van der Waals surface area contributed by atoms with E-state index in [1.54, 1.807) is 11.8 Å². The van der Waals surface area contributed by atoms with Crippen molar-refractivity contribution in [2.45, 2.75) is 36.5 Å². The number of fused-ring (bicyclic) bond motifs is 1. The number of carbonyl (C=O) groups is 1. The summed E-state index contributed by atoms with van der Waals surface area (Å²) in [4.78, 5) is 15.3. The number of hydrogen-bond donors (Lipinski definition) is 1. The lowest BCUT2D eigenvalue weighted by atomic mass is 9.87. The molecule has 1 atom stereocenters. The van der Waals surface area contributed by atoms with Gasteiger partial charge in [0, 0.05) is 36.1 Å². The van der Waals surface area contributed by atoms with E-state index in [-0.39, 0.29) is 5.41 Å². The molecule has 2 aromatic carbocycles. The Morgan fingerprint density at radius 2 is 2.00 bits per heavy atom. The third-order valence-corrected chi connectivity index (χ3v) is 7.16. The maximum atomic E-state index is 10.6. The number of benzene rings is 2. The van der Waals surface area contributed by atoms with Gasteiger partial charge >= 0.3 is 0 Å². The molecule has 0 fully saturated rings. The molecule has 0 spiro atoms. The number of aliphatic hydroxyl groups excluding tert-OH is 1. The molecule has 2 aromatic rings. The van der Waals surface area contributed by atoms with Gasteiger partial charge in [-0.15, -0.1) is 23.5 Å². The zero-order valence-corrected chi connectivity index (χ0v) is 19.8. The van der Waals surface area contributed by atoms with Crippen LogP contribution in [0.5, 0.6) is 5.75 Å². The zero-order valence-electron chi connectivity index (χ0n) is 18.1. The van der Waals surface area contributed by atoms with Crippen LogP contribution in [0, 0.1) is 5.41 Å². The van der Waals surface area contributed by atoms with E-state index < -0.39 is 0 Å². The molecule has 0 aromatic heterocycles. The SMILES string of the molecule is CCCC1(C)CSc2cc(O/C=C/C=O)c(SC)cc2N(c2ccccc2)C1.CO. The predicted octanol–water partition coefficient (Wildman–Crippen LogP) is 6.16. The van der Waals surface area contributed by atoms with E-state index in [1.807, 2.05) is 11.8 Å². The minimum absolute atomic E-state index is 0.228. The minimum atomic E-state index is 0.228. The molecule has 6 heteroatoms. The van der Waals surface area contributed by atoms with Crippen molar-refractivity contribution in [3.63, 3.8) is 0 Å². The molecule has 0 amide bonds. The Bertz CT molecular complexity index is 842. The number of aliphatic hydroxyl groups is 1. The Labute approximate surface area is 188 Å². The number of carbonyl (C=O) groups excluding carboxylic acids is 1. The van der Waals surface area contributed by atoms with Crippen LogP contribution in [-0.2, 0) is 4.79 Å². The van der Waals surface area contributed by atoms with Gasteiger partial charge in [-0.25, -0.2) is 0 Å². The summed E-state index contributed by atoms with van der Waals surface area (Å²) in [6, 6.07) is 15.0. The van der Waals surface area contributed by atoms with Gasteiger partial charge in [0.15, 0.2) is 0 Å². The summed E-state index contributed by atoms with van der Waals surface area (Å²) in [6.07, 6.45) is 7.97. The van der Waals surface area contributed by atoms with E-state index >= 15 is 0 Å². The molecule has 1 unspecified atom stereocenters. The number of allylic oxidation sites excluding steroid dienone is 1. The van der Waals surface area contributed by atoms with Crippen LogP contribution in [0.3, 0.4) is 0 Å². The molecular weight excluding hydrogens is 414 g/mol. The Morgan fingerprint density at radius 3 is 2.63 bits per heavy atom. The number of hydrogen-bond acceptors (Lipinski definition) is 6. The molecule has 1 aliphatic rings. The van der Waals surface area contributed by atoms with Crippen molar-refractivity contribution < 1.29 is 14.6 Å². The highest BCUT2D eigenvalue weighted by Crippen LogP contribution is 2.48. The van der Waals surface area contributed by atoms with Gasteiger partial charge in [-0.2, -0.15) is 0 Å². The lowest BCUT2D eigenvalue weighted by molar-refractivity contribution is -0.104. The molecule has 0 bridgehead atoms. The summed E-state index contributed by atoms with van der Waals surface area (Å²) in [6.45, 7) is 5.65. The first kappa shape index (κ1) is 24.4. The van der Waals surface area contributed by atoms with E-state index in [1.165, 1.54) is 41.4 Å². The number of aldehydes is 1. The zero-order chi connectivity index (χ0) is 22.0. The van der Waals surface area contributed by atoms with E-state index in [4.69, 9.17) is 9.84 Å². The van der Waals surface area contributed by atoms with Crippen molar-refractivity contribution in [3.05, 3.63) is 54.8 Å². The first-order valence-electron chi connectivity index (χ1n) is 9.99. The van der Waals surface area contributed by atoms with Crippen molar-refractivity contribution in [1.29, 1.82) is 0 Å². The van der Waals surface area contributed by atoms with Crippen LogP contribution >= 0.6 is 23.5 Å². The van der Waals surface area contributed by atoms with Gasteiger partial charge in [-0.3, -0.25) is 4.79 Å². The van der Waals surface area contributed by atoms with Crippen molar-refractivity contribution in [1.82, 2.24) is 0 Å². The third-order valence-electron chi connectivity index (χ3n) is 4.93. The molecule has 0 aliphatic carbocycles. The smallest absolute Gasteiger partial charge is 0.145 e. The predicted molar refractivity (Wildman–Crippen MR) is 129 cm³/mol. The van der Waals surface area contributed by atoms with Gasteiger partial charge in [-0.1, -0.05) is 38.5 Å². The molecule has 1 N–H and O–H groups in total. The van der Waals surface area contributed by atoms with Crippen molar-refractivity contribution >= 4 is 41.2 Å². The van der Waals surface area contributed by atoms with Crippen LogP contribution in [0.1, 0.15) is 26.7 Å². The normalized spacial score (nSPS) is 18.2. The first-order valence-corrected chi connectivity index (χ1v) is 12.2. The van der Waals surface area contributed by atoms with Crippen molar-refractivity contribution in [2.75, 3.05) is 30.6 Å². The van der Waals surface area contributed by atoms with Crippen molar-refractivity contribution in [2.24, 2.45) is 5.41 Å². The van der Waals surface area contributed by atoms with Crippen LogP contribution in [0.4, 0.5) is 11.4 Å². The van der Waals surface area contributed by atoms with Crippen LogP contribution in [-0.4, -0.2) is 37.1 Å². The van der Waals surface area contributed by atoms with Crippen LogP contribution < -0.4 is 9.64 Å². The van der Waals surface area contributed by atoms with E-state index in [2.05, 4.69) is 67.5 Å². The summed E-state index contributed by atoms with van der Waals surface area (Å²) in [7, 11) is 1.00. The Morgan fingerprint density at radius 1 is 1.27 bits per heavy atom. The topological polar surface area (TPSA) is 49.8 Å². The molecule has 0 saturated carbocycles. The number of rotatable bonds is 7. The molecule has 0 saturated heterocycles. The number of ether oxygens (including phenoxy) is 1. The van der Waals surface area contributed by atoms with Gasteiger partial charge in [0.25, 0.3) is 0 Å². The molecule has 162 valence electrons. The second kappa shape index (κ2) is 12.1. The fourth-order valence-corrected chi connectivity index (χ4v) is 5.40. The highest BCUT2D eigenvalue weighted by atomic mass is 32.2. The number of nitrogens with zero attached hydrogens (tertiary/aromatic N) is 1. The summed E-state index contributed by atoms with van der Waals surface area (Å²) < 4.78 is 5.75. The monoisotopic (exact) mass is 445 g/mol. The molecule has 4 nitrogen and oxygen atoms in total. The summed E-state index contributed by atoms with van der Waals surface area (Å²) in [5.41, 5.74) is 2.67. The minimum Gasteiger partial charge on any atom is -0.464 e. The van der Waals surface area contributed by atoms with E-state index in [0.717, 1.165) is 36.3 Å². The van der Waals surface area contributed by atoms with Gasteiger partial charge in [-0.05, 0) is 42.4 Å². The average molecular weight is 446 g/mol. The van der Waals surface area contributed by atoms with E-state index in [0.29, 0.717) is 0 Å². The quantitative estimate of drug-likeness (QED) is 0.238. The van der Waals surface area contributed by atoms with Gasteiger partial charge in [0.05, 0.1) is 16.8 Å². The number of thioether (sulfide) groups is 2. The Balaban J connectivity index is 0.00000155. The molecular formula is C24H31NO3S2. The maximum Gasteiger partial charge on any atom is 0.145 e. The van der Waals surface area contributed by atoms with Crippen molar-refractivity contribution in [3.8, 4) is 5.75 Å². The fourth-order valence-electron chi connectivity index (χ4n) is 3.61. The molecule has 30 heavy (non-hydrogen) atoms. The Kier molecular flexibility index (Phi) is 9.82. The molecule has 1 heterocycles. The standard InChI is InChI=1S/C23H27NO2S2.CH4O/c1-4-11-23(2)16-24(18-9-6-5-7-10-18)19-14-22(27-3)20(26-13-8-12-25)15-21(19)28-17-23;1-2/h5-10,12-15H,4,11,16-17H2,1-3H3;2H,1H3/b13-8+;. The van der Waals surface area contributed by atoms with Crippen LogP contribution in [0.25, 0.3) is 0 Å². The number of para-hydroxylation sites is 1. The second-order valence-electron chi connectivity index (χ2n) is 7.32. The van der Waals surface area contributed by atoms with Gasteiger partial charge in [0.2, 0.25) is 0 Å². The second-order valence-corrected chi connectivity index (χ2v) is 9.19. The lowest BCUT2D eigenvalue weighted by Crippen LogP contribution is -2.33. The van der Waals surface area contributed by atoms with E-state index in [9.17, 15) is 4.79 Å². The van der Waals surface area contributed by atoms with Crippen LogP contribution in [0.2, 0.25) is 0 Å². The highest BCUT2D eigenvalue weighted by molar-refractivity contribution is 7.99. The summed E-state index contributed by atoms with van der Waals surface area (Å²) in [5, 5.41) is 7.00. The first-order chi connectivity index (χ1) is 14.6. The largest absolute Gasteiger partial charge is 0.464 e. The molecule has 1 aliphatic heterocycles. The molecule has 3 rings (SSSR count). The summed E-state index contributed by atoms with van der Waals surface area (Å²) >= 11 is 3.56. The lowest BCUT2D eigenvalue weighted by Gasteiger charge is -2.34. The van der Waals surface area contributed by atoms with Gasteiger partial charge in [0.1, 0.15) is 12.0 Å².